The first-order valence-electron chi connectivity index (χ1n) is 8.92. The first kappa shape index (κ1) is 16.8. The highest BCUT2D eigenvalue weighted by Crippen LogP contribution is 2.35. The molecule has 2 aliphatic rings. The number of piperidine rings is 1. The number of aliphatic hydroxyl groups excluding tert-OH is 1. The third-order valence-electron chi connectivity index (χ3n) is 5.48. The molecule has 1 atom stereocenters. The number of benzene rings is 1. The maximum Gasteiger partial charge on any atom is 0.253 e. The summed E-state index contributed by atoms with van der Waals surface area (Å²) in [4.78, 5) is 14.8. The molecule has 2 saturated heterocycles. The molecule has 0 saturated carbocycles. The topological polar surface area (TPSA) is 49.8 Å². The minimum absolute atomic E-state index is 0.0669. The number of carbonyl (C=O) groups excluding carboxylic acids is 1. The van der Waals surface area contributed by atoms with Gasteiger partial charge in [0.2, 0.25) is 0 Å². The molecule has 25 heavy (non-hydrogen) atoms. The zero-order valence-electron chi connectivity index (χ0n) is 14.2. The monoisotopic (exact) mass is 357 g/mol. The molecular formula is C20H23NO3S. The van der Waals surface area contributed by atoms with Gasteiger partial charge < -0.3 is 14.7 Å². The Morgan fingerprint density at radius 1 is 1.24 bits per heavy atom. The van der Waals surface area contributed by atoms with E-state index in [1.54, 1.807) is 11.3 Å². The summed E-state index contributed by atoms with van der Waals surface area (Å²) in [5, 5.41) is 14.5. The zero-order chi connectivity index (χ0) is 17.3. The fourth-order valence-electron chi connectivity index (χ4n) is 3.92. The molecule has 5 heteroatoms. The maximum absolute atomic E-state index is 12.9. The molecule has 0 unspecified atom stereocenters. The lowest BCUT2D eigenvalue weighted by Gasteiger charge is -2.46. The molecule has 2 fully saturated rings. The van der Waals surface area contributed by atoms with Crippen molar-refractivity contribution in [3.63, 3.8) is 0 Å². The number of ether oxygens (including phenoxy) is 1. The average molecular weight is 357 g/mol. The lowest BCUT2D eigenvalue weighted by atomic mass is 9.82. The number of thiophene rings is 1. The Labute approximate surface area is 152 Å². The number of aliphatic hydroxyl groups is 1. The van der Waals surface area contributed by atoms with Gasteiger partial charge in [0.1, 0.15) is 0 Å². The molecule has 1 aromatic carbocycles. The molecule has 0 aliphatic carbocycles. The third kappa shape index (κ3) is 3.24. The van der Waals surface area contributed by atoms with Gasteiger partial charge in [-0.25, -0.2) is 0 Å². The Kier molecular flexibility index (Phi) is 4.63. The third-order valence-corrected chi connectivity index (χ3v) is 6.16. The van der Waals surface area contributed by atoms with Crippen LogP contribution in [0.15, 0.2) is 41.1 Å². The zero-order valence-corrected chi connectivity index (χ0v) is 15.0. The largest absolute Gasteiger partial charge is 0.390 e. The van der Waals surface area contributed by atoms with E-state index >= 15 is 0 Å². The van der Waals surface area contributed by atoms with Crippen LogP contribution in [-0.4, -0.2) is 47.3 Å². The van der Waals surface area contributed by atoms with Gasteiger partial charge in [0.15, 0.2) is 0 Å². The van der Waals surface area contributed by atoms with Crippen LogP contribution in [0.1, 0.15) is 36.0 Å². The minimum Gasteiger partial charge on any atom is -0.390 e. The molecule has 0 bridgehead atoms. The van der Waals surface area contributed by atoms with Crippen LogP contribution in [0.2, 0.25) is 0 Å². The predicted molar refractivity (Wildman–Crippen MR) is 98.8 cm³/mol. The van der Waals surface area contributed by atoms with Crippen molar-refractivity contribution in [3.05, 3.63) is 46.7 Å². The van der Waals surface area contributed by atoms with Crippen molar-refractivity contribution in [1.82, 2.24) is 4.90 Å². The van der Waals surface area contributed by atoms with E-state index in [4.69, 9.17) is 4.74 Å². The molecule has 2 aliphatic heterocycles. The predicted octanol–water partition coefficient (Wildman–Crippen LogP) is 3.56. The molecular weight excluding hydrogens is 334 g/mol. The van der Waals surface area contributed by atoms with Crippen molar-refractivity contribution < 1.29 is 14.6 Å². The summed E-state index contributed by atoms with van der Waals surface area (Å²) in [6, 6.07) is 9.91. The van der Waals surface area contributed by atoms with Crippen LogP contribution >= 0.6 is 11.3 Å². The van der Waals surface area contributed by atoms with Crippen LogP contribution in [0.25, 0.3) is 11.1 Å². The number of rotatable bonds is 2. The van der Waals surface area contributed by atoms with E-state index in [0.717, 1.165) is 29.5 Å². The van der Waals surface area contributed by atoms with E-state index in [1.807, 2.05) is 34.5 Å². The molecule has 132 valence electrons. The normalized spacial score (nSPS) is 22.9. The Morgan fingerprint density at radius 2 is 2.08 bits per heavy atom. The summed E-state index contributed by atoms with van der Waals surface area (Å²) >= 11 is 1.66. The van der Waals surface area contributed by atoms with Crippen molar-refractivity contribution in [3.8, 4) is 11.1 Å². The molecule has 1 aromatic heterocycles. The van der Waals surface area contributed by atoms with Gasteiger partial charge in [0.25, 0.3) is 5.91 Å². The van der Waals surface area contributed by atoms with Crippen molar-refractivity contribution in [2.45, 2.75) is 37.4 Å². The lowest BCUT2D eigenvalue weighted by Crippen LogP contribution is -2.56. The van der Waals surface area contributed by atoms with Gasteiger partial charge in [-0.3, -0.25) is 4.79 Å². The molecule has 2 aromatic rings. The van der Waals surface area contributed by atoms with E-state index in [9.17, 15) is 9.90 Å². The molecule has 3 heterocycles. The van der Waals surface area contributed by atoms with Gasteiger partial charge in [-0.05, 0) is 65.8 Å². The highest BCUT2D eigenvalue weighted by atomic mass is 32.1. The fraction of sp³-hybridized carbons (Fsp3) is 0.450. The number of hydrogen-bond acceptors (Lipinski definition) is 4. The Hall–Kier alpha value is -1.69. The van der Waals surface area contributed by atoms with Crippen molar-refractivity contribution in [1.29, 1.82) is 0 Å². The standard InChI is InChI=1S/C20H23NO3S/c22-18-5-2-11-24-20(18)7-9-21(10-8-20)19(23)16-4-1-3-15(13-16)17-6-12-25-14-17/h1,3-4,6,12-14,18,22H,2,5,7-11H2/t18-/m1/s1. The highest BCUT2D eigenvalue weighted by Gasteiger charge is 2.44. The highest BCUT2D eigenvalue weighted by molar-refractivity contribution is 7.08. The first-order valence-corrected chi connectivity index (χ1v) is 9.86. The number of hydrogen-bond donors (Lipinski definition) is 1. The fourth-order valence-corrected chi connectivity index (χ4v) is 4.59. The van der Waals surface area contributed by atoms with Crippen LogP contribution in [0.3, 0.4) is 0 Å². The second-order valence-corrected chi connectivity index (χ2v) is 7.74. The average Bonchev–Trinajstić information content (AvgIpc) is 3.19. The van der Waals surface area contributed by atoms with Gasteiger partial charge in [0.05, 0.1) is 11.7 Å². The van der Waals surface area contributed by atoms with E-state index in [1.165, 1.54) is 0 Å². The molecule has 1 amide bonds. The van der Waals surface area contributed by atoms with Gasteiger partial charge in [-0.1, -0.05) is 12.1 Å². The second kappa shape index (κ2) is 6.90. The minimum atomic E-state index is -0.437. The van der Waals surface area contributed by atoms with Crippen LogP contribution in [0, 0.1) is 0 Å². The van der Waals surface area contributed by atoms with Crippen LogP contribution in [0.5, 0.6) is 0 Å². The van der Waals surface area contributed by atoms with E-state index in [0.29, 0.717) is 32.5 Å². The molecule has 4 rings (SSSR count). The van der Waals surface area contributed by atoms with Gasteiger partial charge in [0, 0.05) is 25.3 Å². The summed E-state index contributed by atoms with van der Waals surface area (Å²) < 4.78 is 5.93. The smallest absolute Gasteiger partial charge is 0.253 e. The van der Waals surface area contributed by atoms with Crippen LogP contribution in [-0.2, 0) is 4.74 Å². The van der Waals surface area contributed by atoms with Gasteiger partial charge >= 0.3 is 0 Å². The Bertz CT molecular complexity index is 735. The van der Waals surface area contributed by atoms with Gasteiger partial charge in [-0.2, -0.15) is 11.3 Å². The molecule has 0 radical (unpaired) electrons. The number of carbonyl (C=O) groups is 1. The summed E-state index contributed by atoms with van der Waals surface area (Å²) in [5.74, 6) is 0.0669. The SMILES string of the molecule is O=C(c1cccc(-c2ccsc2)c1)N1CCC2(CC1)OCCC[C@H]2O. The number of amides is 1. The van der Waals surface area contributed by atoms with Crippen LogP contribution in [0.4, 0.5) is 0 Å². The lowest BCUT2D eigenvalue weighted by molar-refractivity contribution is -0.174. The van der Waals surface area contributed by atoms with Crippen LogP contribution < -0.4 is 0 Å². The van der Waals surface area contributed by atoms with Crippen molar-refractivity contribution in [2.24, 2.45) is 0 Å². The van der Waals surface area contributed by atoms with E-state index in [2.05, 4.69) is 11.4 Å². The van der Waals surface area contributed by atoms with Crippen molar-refractivity contribution >= 4 is 17.2 Å². The quantitative estimate of drug-likeness (QED) is 0.894. The second-order valence-electron chi connectivity index (χ2n) is 6.96. The van der Waals surface area contributed by atoms with E-state index in [-0.39, 0.29) is 5.91 Å². The summed E-state index contributed by atoms with van der Waals surface area (Å²) in [5.41, 5.74) is 2.51. The molecule has 1 spiro atoms. The van der Waals surface area contributed by atoms with Crippen molar-refractivity contribution in [2.75, 3.05) is 19.7 Å². The Balaban J connectivity index is 1.47. The first-order chi connectivity index (χ1) is 12.2. The summed E-state index contributed by atoms with van der Waals surface area (Å²) in [6.07, 6.45) is 2.74. The number of nitrogens with zero attached hydrogens (tertiary/aromatic N) is 1. The number of likely N-dealkylation sites (tertiary alicyclic amines) is 1. The maximum atomic E-state index is 12.9. The van der Waals surface area contributed by atoms with E-state index < -0.39 is 11.7 Å². The summed E-state index contributed by atoms with van der Waals surface area (Å²) in [6.45, 7) is 1.99. The summed E-state index contributed by atoms with van der Waals surface area (Å²) in [7, 11) is 0. The molecule has 1 N–H and O–H groups in total. The van der Waals surface area contributed by atoms with Gasteiger partial charge in [-0.15, -0.1) is 0 Å². The molecule has 4 nitrogen and oxygen atoms in total. The Morgan fingerprint density at radius 3 is 2.80 bits per heavy atom.